The number of nitrogens with one attached hydrogen (secondary N) is 1. The number of rotatable bonds is 1. The summed E-state index contributed by atoms with van der Waals surface area (Å²) in [6.07, 6.45) is 0.524. The summed E-state index contributed by atoms with van der Waals surface area (Å²) in [5, 5.41) is 0. The minimum absolute atomic E-state index is 0.143. The highest BCUT2D eigenvalue weighted by Crippen LogP contribution is 2.38. The summed E-state index contributed by atoms with van der Waals surface area (Å²) in [6.45, 7) is 0. The van der Waals surface area contributed by atoms with Crippen LogP contribution in [0.25, 0.3) is 0 Å². The molecule has 0 bridgehead atoms. The van der Waals surface area contributed by atoms with Gasteiger partial charge in [0.1, 0.15) is 0 Å². The van der Waals surface area contributed by atoms with Gasteiger partial charge in [-0.05, 0) is 6.07 Å². The first kappa shape index (κ1) is 9.82. The number of hydrogen-bond acceptors (Lipinski definition) is 3. The molecule has 14 heavy (non-hydrogen) atoms. The van der Waals surface area contributed by atoms with E-state index in [9.17, 15) is 13.2 Å². The number of sulfonamides is 1. The van der Waals surface area contributed by atoms with Gasteiger partial charge in [-0.3, -0.25) is 4.79 Å². The van der Waals surface area contributed by atoms with Crippen LogP contribution < -0.4 is 4.72 Å². The third kappa shape index (κ3) is 1.22. The predicted molar refractivity (Wildman–Crippen MR) is 53.4 cm³/mol. The molecule has 0 saturated heterocycles. The van der Waals surface area contributed by atoms with E-state index in [1.54, 1.807) is 18.2 Å². The molecule has 0 spiro atoms. The number of carbonyl (C=O) groups excluding carboxylic acids is 1. The van der Waals surface area contributed by atoms with Crippen molar-refractivity contribution in [2.24, 2.45) is 0 Å². The Hall–Kier alpha value is -0.720. The molecular weight excluding hydrogens is 270 g/mol. The number of aldehydes is 1. The van der Waals surface area contributed by atoms with Crippen molar-refractivity contribution in [2.75, 3.05) is 0 Å². The highest BCUT2D eigenvalue weighted by Gasteiger charge is 2.44. The van der Waals surface area contributed by atoms with Crippen LogP contribution in [0.15, 0.2) is 29.2 Å². The molecule has 1 aromatic carbocycles. The summed E-state index contributed by atoms with van der Waals surface area (Å²) >= 11 is 3.06. The van der Waals surface area contributed by atoms with Gasteiger partial charge in [-0.1, -0.05) is 34.1 Å². The van der Waals surface area contributed by atoms with Crippen LogP contribution in [-0.4, -0.2) is 14.7 Å². The van der Waals surface area contributed by atoms with Gasteiger partial charge in [-0.25, -0.2) is 8.42 Å². The van der Waals surface area contributed by atoms with E-state index in [1.165, 1.54) is 6.07 Å². The van der Waals surface area contributed by atoms with E-state index in [4.69, 9.17) is 0 Å². The minimum atomic E-state index is -3.55. The van der Waals surface area contributed by atoms with Crippen LogP contribution in [0, 0.1) is 0 Å². The molecule has 2 rings (SSSR count). The second-order valence-corrected chi connectivity index (χ2v) is 5.83. The summed E-state index contributed by atoms with van der Waals surface area (Å²) in [4.78, 5) is 10.9. The van der Waals surface area contributed by atoms with Crippen molar-refractivity contribution in [1.29, 1.82) is 0 Å². The van der Waals surface area contributed by atoms with Crippen molar-refractivity contribution in [3.8, 4) is 0 Å². The van der Waals surface area contributed by atoms with E-state index in [-0.39, 0.29) is 4.90 Å². The number of halogens is 1. The van der Waals surface area contributed by atoms with Crippen LogP contribution in [0.2, 0.25) is 0 Å². The molecule has 74 valence electrons. The van der Waals surface area contributed by atoms with Gasteiger partial charge >= 0.3 is 0 Å². The van der Waals surface area contributed by atoms with Gasteiger partial charge in [-0.2, -0.15) is 4.72 Å². The van der Waals surface area contributed by atoms with Crippen LogP contribution in [0.1, 0.15) is 5.56 Å². The third-order valence-electron chi connectivity index (χ3n) is 2.01. The molecule has 0 radical (unpaired) electrons. The fourth-order valence-electron chi connectivity index (χ4n) is 1.39. The Morgan fingerprint density at radius 1 is 1.36 bits per heavy atom. The number of benzene rings is 1. The number of carbonyl (C=O) groups is 1. The second-order valence-electron chi connectivity index (χ2n) is 2.93. The molecule has 1 heterocycles. The van der Waals surface area contributed by atoms with E-state index >= 15 is 0 Å². The average molecular weight is 276 g/mol. The molecular formula is C8H6BrNO3S. The maximum atomic E-state index is 11.5. The van der Waals surface area contributed by atoms with Crippen molar-refractivity contribution < 1.29 is 13.2 Å². The Bertz CT molecular complexity index is 499. The topological polar surface area (TPSA) is 63.2 Å². The van der Waals surface area contributed by atoms with E-state index in [0.717, 1.165) is 0 Å². The first-order valence-electron chi connectivity index (χ1n) is 3.78. The Kier molecular flexibility index (Phi) is 2.02. The van der Waals surface area contributed by atoms with Crippen molar-refractivity contribution in [3.05, 3.63) is 29.8 Å². The lowest BCUT2D eigenvalue weighted by molar-refractivity contribution is -0.110. The van der Waals surface area contributed by atoms with Gasteiger partial charge in [0.2, 0.25) is 10.0 Å². The van der Waals surface area contributed by atoms with E-state index in [1.807, 2.05) is 0 Å². The zero-order chi connectivity index (χ0) is 10.4. The number of hydrogen-bond donors (Lipinski definition) is 1. The van der Waals surface area contributed by atoms with Gasteiger partial charge in [0, 0.05) is 5.56 Å². The van der Waals surface area contributed by atoms with Crippen molar-refractivity contribution in [2.45, 2.75) is 9.34 Å². The lowest BCUT2D eigenvalue weighted by Crippen LogP contribution is -2.34. The van der Waals surface area contributed by atoms with Gasteiger partial charge < -0.3 is 0 Å². The zero-order valence-electron chi connectivity index (χ0n) is 6.90. The summed E-state index contributed by atoms with van der Waals surface area (Å²) in [5.41, 5.74) is 0.426. The summed E-state index contributed by atoms with van der Waals surface area (Å²) < 4.78 is 24.0. The lowest BCUT2D eigenvalue weighted by Gasteiger charge is -2.12. The normalized spacial score (nSPS) is 28.4. The van der Waals surface area contributed by atoms with Gasteiger partial charge in [-0.15, -0.1) is 0 Å². The maximum Gasteiger partial charge on any atom is 0.242 e. The molecule has 0 aromatic heterocycles. The van der Waals surface area contributed by atoms with Crippen LogP contribution in [0.4, 0.5) is 0 Å². The van der Waals surface area contributed by atoms with Crippen molar-refractivity contribution in [3.63, 3.8) is 0 Å². The predicted octanol–water partition coefficient (Wildman–Crippen LogP) is 0.725. The molecule has 1 aliphatic heterocycles. The average Bonchev–Trinajstić information content (AvgIpc) is 2.37. The number of alkyl halides is 1. The fourth-order valence-corrected chi connectivity index (χ4v) is 3.95. The molecule has 1 atom stereocenters. The first-order valence-corrected chi connectivity index (χ1v) is 6.06. The van der Waals surface area contributed by atoms with Crippen LogP contribution in [0.5, 0.6) is 0 Å². The maximum absolute atomic E-state index is 11.5. The largest absolute Gasteiger partial charge is 0.300 e. The Morgan fingerprint density at radius 3 is 2.64 bits per heavy atom. The summed E-state index contributed by atoms with van der Waals surface area (Å²) in [6, 6.07) is 6.35. The quantitative estimate of drug-likeness (QED) is 0.467. The lowest BCUT2D eigenvalue weighted by atomic mass is 10.1. The smallest absolute Gasteiger partial charge is 0.242 e. The highest BCUT2D eigenvalue weighted by atomic mass is 79.9. The molecule has 1 unspecified atom stereocenters. The second kappa shape index (κ2) is 2.88. The third-order valence-corrected chi connectivity index (χ3v) is 4.61. The molecule has 0 saturated carbocycles. The minimum Gasteiger partial charge on any atom is -0.300 e. The van der Waals surface area contributed by atoms with Crippen LogP contribution >= 0.6 is 15.9 Å². The molecule has 0 aliphatic carbocycles. The standard InChI is InChI=1S/C8H6BrNO3S/c9-8(5-11)6-3-1-2-4-7(6)14(12,13)10-8/h1-5,10H. The highest BCUT2D eigenvalue weighted by molar-refractivity contribution is 9.10. The number of fused-ring (bicyclic) bond motifs is 1. The molecule has 4 nitrogen and oxygen atoms in total. The van der Waals surface area contributed by atoms with E-state index in [0.29, 0.717) is 11.8 Å². The molecule has 1 N–H and O–H groups in total. The molecule has 1 aliphatic rings. The van der Waals surface area contributed by atoms with Gasteiger partial charge in [0.25, 0.3) is 0 Å². The SMILES string of the molecule is O=CC1(Br)NS(=O)(=O)c2ccccc21. The van der Waals surface area contributed by atoms with Crippen LogP contribution in [-0.2, 0) is 19.3 Å². The summed E-state index contributed by atoms with van der Waals surface area (Å²) in [5.74, 6) is 0. The van der Waals surface area contributed by atoms with Gasteiger partial charge in [0.05, 0.1) is 4.90 Å². The molecule has 0 amide bonds. The molecule has 1 aromatic rings. The summed E-state index contributed by atoms with van der Waals surface area (Å²) in [7, 11) is -3.55. The first-order chi connectivity index (χ1) is 6.49. The molecule has 0 fully saturated rings. The Morgan fingerprint density at radius 2 is 2.00 bits per heavy atom. The van der Waals surface area contributed by atoms with Gasteiger partial charge in [0.15, 0.2) is 10.7 Å². The van der Waals surface area contributed by atoms with Crippen molar-refractivity contribution >= 4 is 32.2 Å². The Balaban J connectivity index is 2.79. The van der Waals surface area contributed by atoms with E-state index < -0.39 is 14.5 Å². The van der Waals surface area contributed by atoms with Crippen LogP contribution in [0.3, 0.4) is 0 Å². The van der Waals surface area contributed by atoms with E-state index in [2.05, 4.69) is 20.7 Å². The Labute approximate surface area is 89.5 Å². The van der Waals surface area contributed by atoms with Crippen molar-refractivity contribution in [1.82, 2.24) is 4.72 Å². The molecule has 6 heteroatoms. The zero-order valence-corrected chi connectivity index (χ0v) is 9.30. The monoisotopic (exact) mass is 275 g/mol. The fraction of sp³-hybridized carbons (Fsp3) is 0.125.